The highest BCUT2D eigenvalue weighted by Gasteiger charge is 2.11. The maximum absolute atomic E-state index is 3.80. The fourth-order valence-electron chi connectivity index (χ4n) is 1.89. The molecule has 0 aliphatic carbocycles. The van der Waals surface area contributed by atoms with Gasteiger partial charge in [-0.3, -0.25) is 0 Å². The van der Waals surface area contributed by atoms with Crippen molar-refractivity contribution >= 4 is 15.9 Å². The van der Waals surface area contributed by atoms with Crippen LogP contribution in [0.1, 0.15) is 5.69 Å². The summed E-state index contributed by atoms with van der Waals surface area (Å²) in [6.45, 7) is 6.75. The Morgan fingerprint density at radius 2 is 2.00 bits per heavy atom. The fraction of sp³-hybridized carbons (Fsp3) is 0.143. The molecule has 0 spiro atoms. The quantitative estimate of drug-likeness (QED) is 0.732. The zero-order valence-electron chi connectivity index (χ0n) is 9.28. The molecule has 0 fully saturated rings. The predicted octanol–water partition coefficient (Wildman–Crippen LogP) is 4.41. The van der Waals surface area contributed by atoms with Crippen LogP contribution in [0.2, 0.25) is 0 Å². The molecule has 82 valence electrons. The molecular formula is C14H14BrN. The lowest BCUT2D eigenvalue weighted by Crippen LogP contribution is -1.99. The number of benzene rings is 1. The minimum Gasteiger partial charge on any atom is -0.340 e. The first-order valence-electron chi connectivity index (χ1n) is 5.26. The predicted molar refractivity (Wildman–Crippen MR) is 72.5 cm³/mol. The van der Waals surface area contributed by atoms with E-state index in [0.717, 1.165) is 11.0 Å². The Morgan fingerprint density at radius 3 is 2.62 bits per heavy atom. The molecule has 0 saturated heterocycles. The molecule has 0 bridgehead atoms. The van der Waals surface area contributed by atoms with Gasteiger partial charge in [0, 0.05) is 16.7 Å². The SMILES string of the molecule is C=CCn1c(C)cc(Br)c1-c1ccccc1. The standard InChI is InChI=1S/C14H14BrN/c1-3-9-16-11(2)10-13(15)14(16)12-7-5-4-6-8-12/h3-8,10H,1,9H2,2H3. The number of allylic oxidation sites excluding steroid dienone is 1. The summed E-state index contributed by atoms with van der Waals surface area (Å²) in [7, 11) is 0. The molecule has 0 unspecified atom stereocenters. The van der Waals surface area contributed by atoms with Crippen molar-refractivity contribution in [2.75, 3.05) is 0 Å². The summed E-state index contributed by atoms with van der Waals surface area (Å²) < 4.78 is 3.39. The van der Waals surface area contributed by atoms with E-state index in [2.05, 4.69) is 64.3 Å². The first-order chi connectivity index (χ1) is 7.74. The molecule has 1 aromatic heterocycles. The van der Waals surface area contributed by atoms with Gasteiger partial charge in [-0.05, 0) is 34.5 Å². The molecule has 0 radical (unpaired) electrons. The second-order valence-corrected chi connectivity index (χ2v) is 4.60. The topological polar surface area (TPSA) is 4.93 Å². The van der Waals surface area contributed by atoms with Crippen molar-refractivity contribution in [3.8, 4) is 11.3 Å². The summed E-state index contributed by atoms with van der Waals surface area (Å²) in [6.07, 6.45) is 1.92. The van der Waals surface area contributed by atoms with Crippen LogP contribution in [0.4, 0.5) is 0 Å². The van der Waals surface area contributed by atoms with E-state index in [9.17, 15) is 0 Å². The van der Waals surface area contributed by atoms with Crippen molar-refractivity contribution < 1.29 is 0 Å². The lowest BCUT2D eigenvalue weighted by molar-refractivity contribution is 0.806. The summed E-state index contributed by atoms with van der Waals surface area (Å²) in [5.41, 5.74) is 3.69. The van der Waals surface area contributed by atoms with Gasteiger partial charge in [0.15, 0.2) is 0 Å². The number of hydrogen-bond donors (Lipinski definition) is 0. The van der Waals surface area contributed by atoms with Crippen LogP contribution in [0.25, 0.3) is 11.3 Å². The number of halogens is 1. The van der Waals surface area contributed by atoms with E-state index < -0.39 is 0 Å². The number of aromatic nitrogens is 1. The molecule has 0 aliphatic rings. The van der Waals surface area contributed by atoms with Crippen LogP contribution in [0, 0.1) is 6.92 Å². The van der Waals surface area contributed by atoms with Crippen LogP contribution in [0.15, 0.2) is 53.5 Å². The molecule has 0 aliphatic heterocycles. The third-order valence-electron chi connectivity index (χ3n) is 2.62. The molecule has 2 heteroatoms. The molecule has 1 aromatic carbocycles. The molecule has 2 aromatic rings. The van der Waals surface area contributed by atoms with Crippen molar-refractivity contribution in [1.82, 2.24) is 4.57 Å². The number of nitrogens with zero attached hydrogens (tertiary/aromatic N) is 1. The second kappa shape index (κ2) is 4.71. The third kappa shape index (κ3) is 1.98. The van der Waals surface area contributed by atoms with Crippen molar-refractivity contribution in [2.45, 2.75) is 13.5 Å². The van der Waals surface area contributed by atoms with Gasteiger partial charge in [0.1, 0.15) is 0 Å². The average Bonchev–Trinajstić information content (AvgIpc) is 2.56. The molecule has 1 heterocycles. The Hall–Kier alpha value is -1.28. The van der Waals surface area contributed by atoms with Crippen LogP contribution < -0.4 is 0 Å². The van der Waals surface area contributed by atoms with Gasteiger partial charge in [0.25, 0.3) is 0 Å². The second-order valence-electron chi connectivity index (χ2n) is 3.75. The average molecular weight is 276 g/mol. The van der Waals surface area contributed by atoms with Crippen LogP contribution >= 0.6 is 15.9 Å². The first-order valence-corrected chi connectivity index (χ1v) is 6.05. The number of aryl methyl sites for hydroxylation is 1. The van der Waals surface area contributed by atoms with E-state index in [-0.39, 0.29) is 0 Å². The molecule has 0 N–H and O–H groups in total. The molecule has 16 heavy (non-hydrogen) atoms. The van der Waals surface area contributed by atoms with Crippen LogP contribution in [0.3, 0.4) is 0 Å². The maximum Gasteiger partial charge on any atom is 0.0629 e. The summed E-state index contributed by atoms with van der Waals surface area (Å²) in [4.78, 5) is 0. The lowest BCUT2D eigenvalue weighted by Gasteiger charge is -2.09. The first kappa shape index (κ1) is 11.2. The van der Waals surface area contributed by atoms with Gasteiger partial charge in [-0.25, -0.2) is 0 Å². The third-order valence-corrected chi connectivity index (χ3v) is 3.22. The molecular weight excluding hydrogens is 262 g/mol. The minimum absolute atomic E-state index is 0.835. The maximum atomic E-state index is 3.80. The Labute approximate surface area is 105 Å². The molecule has 0 amide bonds. The van der Waals surface area contributed by atoms with Gasteiger partial charge in [0.2, 0.25) is 0 Å². The van der Waals surface area contributed by atoms with Crippen molar-refractivity contribution in [3.63, 3.8) is 0 Å². The Kier molecular flexibility index (Phi) is 3.30. The van der Waals surface area contributed by atoms with E-state index in [0.29, 0.717) is 0 Å². The van der Waals surface area contributed by atoms with Gasteiger partial charge < -0.3 is 4.57 Å². The van der Waals surface area contributed by atoms with Gasteiger partial charge >= 0.3 is 0 Å². The molecule has 1 nitrogen and oxygen atoms in total. The van der Waals surface area contributed by atoms with E-state index in [4.69, 9.17) is 0 Å². The van der Waals surface area contributed by atoms with Crippen LogP contribution in [0.5, 0.6) is 0 Å². The van der Waals surface area contributed by atoms with Crippen molar-refractivity contribution in [2.24, 2.45) is 0 Å². The van der Waals surface area contributed by atoms with Crippen LogP contribution in [-0.4, -0.2) is 4.57 Å². The molecule has 0 atom stereocenters. The summed E-state index contributed by atoms with van der Waals surface area (Å²) in [5.74, 6) is 0. The Bertz CT molecular complexity index is 497. The highest BCUT2D eigenvalue weighted by Crippen LogP contribution is 2.31. The van der Waals surface area contributed by atoms with Gasteiger partial charge in [0.05, 0.1) is 5.69 Å². The van der Waals surface area contributed by atoms with Crippen molar-refractivity contribution in [1.29, 1.82) is 0 Å². The number of hydrogen-bond acceptors (Lipinski definition) is 0. The van der Waals surface area contributed by atoms with Gasteiger partial charge in [-0.15, -0.1) is 6.58 Å². The van der Waals surface area contributed by atoms with E-state index in [1.54, 1.807) is 0 Å². The summed E-state index contributed by atoms with van der Waals surface area (Å²) >= 11 is 3.62. The Balaban J connectivity index is 2.59. The molecule has 0 saturated carbocycles. The lowest BCUT2D eigenvalue weighted by atomic mass is 10.1. The normalized spacial score (nSPS) is 10.4. The van der Waals surface area contributed by atoms with Gasteiger partial charge in [-0.1, -0.05) is 36.4 Å². The van der Waals surface area contributed by atoms with Crippen LogP contribution in [-0.2, 0) is 6.54 Å². The van der Waals surface area contributed by atoms with Crippen molar-refractivity contribution in [3.05, 3.63) is 59.2 Å². The highest BCUT2D eigenvalue weighted by molar-refractivity contribution is 9.10. The monoisotopic (exact) mass is 275 g/mol. The minimum atomic E-state index is 0.835. The summed E-state index contributed by atoms with van der Waals surface area (Å²) in [6, 6.07) is 12.5. The smallest absolute Gasteiger partial charge is 0.0629 e. The number of rotatable bonds is 3. The van der Waals surface area contributed by atoms with E-state index >= 15 is 0 Å². The fourth-order valence-corrected chi connectivity index (χ4v) is 2.66. The summed E-state index contributed by atoms with van der Waals surface area (Å²) in [5, 5.41) is 0. The Morgan fingerprint density at radius 1 is 1.31 bits per heavy atom. The zero-order chi connectivity index (χ0) is 11.5. The van der Waals surface area contributed by atoms with E-state index in [1.165, 1.54) is 17.0 Å². The zero-order valence-corrected chi connectivity index (χ0v) is 10.9. The van der Waals surface area contributed by atoms with Gasteiger partial charge in [-0.2, -0.15) is 0 Å². The largest absolute Gasteiger partial charge is 0.340 e. The van der Waals surface area contributed by atoms with E-state index in [1.807, 2.05) is 12.1 Å². The molecule has 2 rings (SSSR count). The highest BCUT2D eigenvalue weighted by atomic mass is 79.9.